The fraction of sp³-hybridized carbons (Fsp3) is 0.500. The van der Waals surface area contributed by atoms with Gasteiger partial charge in [-0.2, -0.15) is 5.10 Å². The van der Waals surface area contributed by atoms with Crippen molar-refractivity contribution in [3.63, 3.8) is 0 Å². The van der Waals surface area contributed by atoms with E-state index >= 15 is 0 Å². The molecule has 0 unspecified atom stereocenters. The fourth-order valence-electron chi connectivity index (χ4n) is 2.80. The van der Waals surface area contributed by atoms with Crippen molar-refractivity contribution >= 4 is 58.1 Å². The van der Waals surface area contributed by atoms with E-state index in [2.05, 4.69) is 10.5 Å². The number of anilines is 1. The van der Waals surface area contributed by atoms with Crippen LogP contribution in [0.5, 0.6) is 0 Å². The van der Waals surface area contributed by atoms with E-state index in [4.69, 9.17) is 53.8 Å². The number of halogens is 3. The lowest BCUT2D eigenvalue weighted by Gasteiger charge is -2.22. The van der Waals surface area contributed by atoms with Crippen molar-refractivity contribution in [3.8, 4) is 0 Å². The fourth-order valence-corrected chi connectivity index (χ4v) is 3.11. The van der Waals surface area contributed by atoms with E-state index < -0.39 is 55.9 Å². The molecule has 0 amide bonds. The summed E-state index contributed by atoms with van der Waals surface area (Å²) < 4.78 is 20.1. The molecule has 12 nitrogen and oxygen atoms in total. The maximum absolute atomic E-state index is 11.1. The maximum Gasteiger partial charge on any atom is 0.301 e. The minimum atomic E-state index is -1.81. The largest absolute Gasteiger partial charge is 0.375 e. The van der Waals surface area contributed by atoms with Crippen molar-refractivity contribution < 1.29 is 28.8 Å². The molecule has 0 spiro atoms. The summed E-state index contributed by atoms with van der Waals surface area (Å²) in [6.07, 6.45) is -2.81. The second kappa shape index (κ2) is 8.52. The average molecular weight is 472 g/mol. The molecule has 2 aliphatic heterocycles. The molecule has 1 aromatic carbocycles. The van der Waals surface area contributed by atoms with Gasteiger partial charge in [-0.15, -0.1) is 0 Å². The third-order valence-corrected chi connectivity index (χ3v) is 4.61. The Kier molecular flexibility index (Phi) is 6.43. The molecule has 0 radical (unpaired) electrons. The Labute approximate surface area is 177 Å². The lowest BCUT2D eigenvalue weighted by Crippen LogP contribution is -2.37. The molecule has 2 aliphatic rings. The third kappa shape index (κ3) is 4.69. The number of alkyl halides is 3. The number of nitrogens with one attached hydrogen (secondary N) is 1. The second-order valence-corrected chi connectivity index (χ2v) is 8.25. The van der Waals surface area contributed by atoms with Crippen molar-refractivity contribution in [2.45, 2.75) is 34.7 Å². The second-order valence-electron chi connectivity index (χ2n) is 5.89. The van der Waals surface area contributed by atoms with Gasteiger partial charge in [0.15, 0.2) is 6.29 Å². The number of hydrazone groups is 1. The Balaban J connectivity index is 1.69. The number of methoxy groups -OCH3 is 1. The zero-order valence-corrected chi connectivity index (χ0v) is 16.7. The van der Waals surface area contributed by atoms with Crippen LogP contribution in [0, 0.1) is 20.2 Å². The highest BCUT2D eigenvalue weighted by Crippen LogP contribution is 2.42. The molecule has 29 heavy (non-hydrogen) atoms. The highest BCUT2D eigenvalue weighted by atomic mass is 35.6. The predicted molar refractivity (Wildman–Crippen MR) is 101 cm³/mol. The summed E-state index contributed by atoms with van der Waals surface area (Å²) in [5, 5.41) is 25.8. The van der Waals surface area contributed by atoms with Gasteiger partial charge in [0.2, 0.25) is 10.1 Å². The van der Waals surface area contributed by atoms with Gasteiger partial charge in [0.1, 0.15) is 24.0 Å². The number of benzene rings is 1. The number of nitrogens with zero attached hydrogens (tertiary/aromatic N) is 3. The first kappa shape index (κ1) is 21.9. The van der Waals surface area contributed by atoms with Crippen LogP contribution in [-0.2, 0) is 18.9 Å². The quantitative estimate of drug-likeness (QED) is 0.286. The maximum atomic E-state index is 11.1. The molecule has 1 N–H and O–H groups in total. The molecule has 0 aromatic heterocycles. The third-order valence-electron chi connectivity index (χ3n) is 4.08. The topological polar surface area (TPSA) is 148 Å². The number of nitro groups is 2. The van der Waals surface area contributed by atoms with Gasteiger partial charge in [0, 0.05) is 13.2 Å². The molecule has 0 saturated carbocycles. The molecule has 0 bridgehead atoms. The minimum absolute atomic E-state index is 0.0484. The molecule has 2 heterocycles. The van der Waals surface area contributed by atoms with Crippen LogP contribution in [0.2, 0.25) is 0 Å². The number of ether oxygens (including phenoxy) is 4. The van der Waals surface area contributed by atoms with Gasteiger partial charge >= 0.3 is 5.69 Å². The molecule has 158 valence electrons. The van der Waals surface area contributed by atoms with Crippen molar-refractivity contribution in [1.82, 2.24) is 0 Å². The Hall–Kier alpha value is -1.80. The molecular formula is C14H13Cl3N4O8. The number of rotatable bonds is 6. The highest BCUT2D eigenvalue weighted by molar-refractivity contribution is 6.67. The SMILES string of the molecule is CO[C@@H]1[C@@H]2O[C@@H](C(Cl)(Cl)Cl)O[C@@H]2O[C@@H]1C=NNc1ccc([N+](=O)[O-])cc1[N+](=O)[O-]. The summed E-state index contributed by atoms with van der Waals surface area (Å²) in [7, 11) is 1.41. The van der Waals surface area contributed by atoms with Crippen LogP contribution in [0.3, 0.4) is 0 Å². The van der Waals surface area contributed by atoms with Crippen LogP contribution < -0.4 is 5.43 Å². The molecule has 3 rings (SSSR count). The molecule has 0 aliphatic carbocycles. The average Bonchev–Trinajstić information content (AvgIpc) is 3.18. The van der Waals surface area contributed by atoms with Crippen molar-refractivity contribution in [2.24, 2.45) is 5.10 Å². The van der Waals surface area contributed by atoms with Gasteiger partial charge in [-0.05, 0) is 6.07 Å². The summed E-state index contributed by atoms with van der Waals surface area (Å²) in [6, 6.07) is 3.10. The number of fused-ring (bicyclic) bond motifs is 1. The van der Waals surface area contributed by atoms with E-state index in [1.54, 1.807) is 0 Å². The van der Waals surface area contributed by atoms with Crippen LogP contribution in [0.4, 0.5) is 17.1 Å². The number of non-ortho nitro benzene ring substituents is 1. The zero-order chi connectivity index (χ0) is 21.3. The Bertz CT molecular complexity index is 836. The molecule has 2 fully saturated rings. The van der Waals surface area contributed by atoms with Gasteiger partial charge in [-0.1, -0.05) is 34.8 Å². The van der Waals surface area contributed by atoms with E-state index in [1.807, 2.05) is 0 Å². The molecule has 2 saturated heterocycles. The Morgan fingerprint density at radius 1 is 1.21 bits per heavy atom. The first-order valence-electron chi connectivity index (χ1n) is 7.89. The molecule has 15 heteroatoms. The van der Waals surface area contributed by atoms with Crippen LogP contribution in [0.15, 0.2) is 23.3 Å². The summed E-state index contributed by atoms with van der Waals surface area (Å²) in [4.78, 5) is 20.4. The summed E-state index contributed by atoms with van der Waals surface area (Å²) >= 11 is 17.3. The van der Waals surface area contributed by atoms with Gasteiger partial charge in [-0.25, -0.2) is 0 Å². The standard InChI is InChI=1S/C14H13Cl3N4O8/c1-26-10-9(27-12-11(10)28-13(29-12)14(15,16)17)5-18-19-7-3-2-6(20(22)23)4-8(7)21(24)25/h2-5,9-13,19H,1H3/t9-,10+,11+,12+,13-/m1/s1. The molecule has 5 atom stereocenters. The van der Waals surface area contributed by atoms with E-state index in [0.29, 0.717) is 0 Å². The van der Waals surface area contributed by atoms with Crippen LogP contribution in [0.25, 0.3) is 0 Å². The highest BCUT2D eigenvalue weighted by Gasteiger charge is 2.56. The normalized spacial score (nSPS) is 29.2. The lowest BCUT2D eigenvalue weighted by atomic mass is 10.1. The van der Waals surface area contributed by atoms with E-state index in [1.165, 1.54) is 19.4 Å². The number of hydrogen-bond acceptors (Lipinski definition) is 10. The number of nitro benzene ring substituents is 2. The zero-order valence-electron chi connectivity index (χ0n) is 14.4. The first-order chi connectivity index (χ1) is 13.6. The lowest BCUT2D eigenvalue weighted by molar-refractivity contribution is -0.393. The van der Waals surface area contributed by atoms with Gasteiger partial charge in [0.05, 0.1) is 22.1 Å². The van der Waals surface area contributed by atoms with E-state index in [0.717, 1.165) is 12.1 Å². The van der Waals surface area contributed by atoms with Crippen LogP contribution >= 0.6 is 34.8 Å². The van der Waals surface area contributed by atoms with Crippen molar-refractivity contribution in [3.05, 3.63) is 38.4 Å². The van der Waals surface area contributed by atoms with Crippen molar-refractivity contribution in [2.75, 3.05) is 12.5 Å². The van der Waals surface area contributed by atoms with Gasteiger partial charge in [0.25, 0.3) is 5.69 Å². The summed E-state index contributed by atoms with van der Waals surface area (Å²) in [5.41, 5.74) is 1.47. The smallest absolute Gasteiger partial charge is 0.301 e. The van der Waals surface area contributed by atoms with Crippen LogP contribution in [0.1, 0.15) is 0 Å². The molecular weight excluding hydrogens is 459 g/mol. The first-order valence-corrected chi connectivity index (χ1v) is 9.03. The van der Waals surface area contributed by atoms with E-state index in [9.17, 15) is 20.2 Å². The Morgan fingerprint density at radius 3 is 2.52 bits per heavy atom. The summed E-state index contributed by atoms with van der Waals surface area (Å²) in [6.45, 7) is 0. The van der Waals surface area contributed by atoms with Gasteiger partial charge < -0.3 is 18.9 Å². The monoisotopic (exact) mass is 470 g/mol. The van der Waals surface area contributed by atoms with Crippen molar-refractivity contribution in [1.29, 1.82) is 0 Å². The van der Waals surface area contributed by atoms with Crippen LogP contribution in [-0.4, -0.2) is 57.9 Å². The number of hydrogen-bond donors (Lipinski definition) is 1. The predicted octanol–water partition coefficient (Wildman–Crippen LogP) is 2.75. The molecule has 1 aromatic rings. The van der Waals surface area contributed by atoms with Gasteiger partial charge in [-0.3, -0.25) is 25.7 Å². The summed E-state index contributed by atoms with van der Waals surface area (Å²) in [5.74, 6) is 0. The minimum Gasteiger partial charge on any atom is -0.375 e. The Morgan fingerprint density at radius 2 is 1.93 bits per heavy atom. The van der Waals surface area contributed by atoms with E-state index in [-0.39, 0.29) is 5.69 Å².